The van der Waals surface area contributed by atoms with E-state index in [-0.39, 0.29) is 10.9 Å². The van der Waals surface area contributed by atoms with Crippen LogP contribution in [-0.2, 0) is 10.0 Å². The molecule has 28 heavy (non-hydrogen) atoms. The van der Waals surface area contributed by atoms with Crippen LogP contribution in [0.3, 0.4) is 0 Å². The molecule has 1 aromatic heterocycles. The van der Waals surface area contributed by atoms with E-state index in [9.17, 15) is 8.42 Å². The molecule has 0 spiro atoms. The predicted molar refractivity (Wildman–Crippen MR) is 107 cm³/mol. The third kappa shape index (κ3) is 4.00. The lowest BCUT2D eigenvalue weighted by Gasteiger charge is -2.18. The van der Waals surface area contributed by atoms with Crippen molar-refractivity contribution in [1.29, 1.82) is 0 Å². The Labute approximate surface area is 163 Å². The number of nitrogens with one attached hydrogen (secondary N) is 1. The van der Waals surface area contributed by atoms with Crippen molar-refractivity contribution >= 4 is 26.7 Å². The lowest BCUT2D eigenvalue weighted by Crippen LogP contribution is -2.14. The summed E-state index contributed by atoms with van der Waals surface area (Å²) in [5, 5.41) is 9.33. The second kappa shape index (κ2) is 7.61. The molecular weight excluding hydrogens is 380 g/mol. The van der Waals surface area contributed by atoms with Crippen LogP contribution in [0.25, 0.3) is 10.9 Å². The first kappa shape index (κ1) is 19.8. The zero-order valence-electron chi connectivity index (χ0n) is 16.1. The third-order valence-corrected chi connectivity index (χ3v) is 5.26. The molecule has 0 unspecified atom stereocenters. The van der Waals surface area contributed by atoms with E-state index in [0.717, 1.165) is 10.9 Å². The van der Waals surface area contributed by atoms with Crippen LogP contribution in [0.15, 0.2) is 41.3 Å². The maximum atomic E-state index is 11.6. The van der Waals surface area contributed by atoms with Crippen LogP contribution in [0.1, 0.15) is 24.4 Å². The van der Waals surface area contributed by atoms with E-state index < -0.39 is 10.0 Å². The molecule has 0 aliphatic rings. The minimum Gasteiger partial charge on any atom is -0.493 e. The first-order chi connectivity index (χ1) is 13.2. The third-order valence-electron chi connectivity index (χ3n) is 4.35. The molecule has 0 fully saturated rings. The summed E-state index contributed by atoms with van der Waals surface area (Å²) in [6, 6.07) is 9.87. The first-order valence-corrected chi connectivity index (χ1v) is 10.1. The van der Waals surface area contributed by atoms with Crippen LogP contribution in [-0.4, -0.2) is 32.6 Å². The molecule has 148 valence electrons. The number of anilines is 1. The fourth-order valence-electron chi connectivity index (χ4n) is 2.93. The number of hydrogen-bond donors (Lipinski definition) is 2. The van der Waals surface area contributed by atoms with Gasteiger partial charge in [0.15, 0.2) is 11.5 Å². The smallest absolute Gasteiger partial charge is 0.238 e. The van der Waals surface area contributed by atoms with Crippen molar-refractivity contribution in [3.05, 3.63) is 47.8 Å². The molecule has 2 aromatic carbocycles. The number of fused-ring (bicyclic) bond motifs is 1. The van der Waals surface area contributed by atoms with Crippen molar-refractivity contribution in [3.8, 4) is 11.5 Å². The highest BCUT2D eigenvalue weighted by Crippen LogP contribution is 2.35. The van der Waals surface area contributed by atoms with Gasteiger partial charge in [0.25, 0.3) is 0 Å². The number of methoxy groups -OCH3 is 2. The Morgan fingerprint density at radius 2 is 1.75 bits per heavy atom. The lowest BCUT2D eigenvalue weighted by atomic mass is 10.1. The van der Waals surface area contributed by atoms with Crippen molar-refractivity contribution in [1.82, 2.24) is 9.97 Å². The molecule has 0 aliphatic carbocycles. The summed E-state index contributed by atoms with van der Waals surface area (Å²) >= 11 is 0. The minimum atomic E-state index is -3.77. The Hall–Kier alpha value is -2.91. The molecule has 3 rings (SSSR count). The van der Waals surface area contributed by atoms with Crippen molar-refractivity contribution in [3.63, 3.8) is 0 Å². The van der Waals surface area contributed by atoms with Gasteiger partial charge in [-0.1, -0.05) is 12.1 Å². The Kier molecular flexibility index (Phi) is 5.39. The molecule has 0 radical (unpaired) electrons. The van der Waals surface area contributed by atoms with E-state index in [1.807, 2.05) is 19.1 Å². The van der Waals surface area contributed by atoms with Crippen molar-refractivity contribution in [2.45, 2.75) is 24.8 Å². The molecule has 0 saturated carbocycles. The zero-order valence-corrected chi connectivity index (χ0v) is 16.9. The van der Waals surface area contributed by atoms with Crippen LogP contribution in [0.2, 0.25) is 0 Å². The SMILES string of the molecule is COc1cc2nc(C)nc(N[C@H](C)c3cccc(S(N)(=O)=O)c3)c2cc1OC. The maximum Gasteiger partial charge on any atom is 0.238 e. The molecule has 8 nitrogen and oxygen atoms in total. The van der Waals surface area contributed by atoms with Crippen molar-refractivity contribution in [2.24, 2.45) is 5.14 Å². The average molecular weight is 402 g/mol. The van der Waals surface area contributed by atoms with E-state index in [1.165, 1.54) is 6.07 Å². The highest BCUT2D eigenvalue weighted by atomic mass is 32.2. The summed E-state index contributed by atoms with van der Waals surface area (Å²) < 4.78 is 34.0. The number of aryl methyl sites for hydroxylation is 1. The monoisotopic (exact) mass is 402 g/mol. The van der Waals surface area contributed by atoms with Crippen LogP contribution in [0.4, 0.5) is 5.82 Å². The number of benzene rings is 2. The van der Waals surface area contributed by atoms with Crippen LogP contribution >= 0.6 is 0 Å². The Morgan fingerprint density at radius 1 is 1.07 bits per heavy atom. The number of sulfonamides is 1. The van der Waals surface area contributed by atoms with E-state index >= 15 is 0 Å². The second-order valence-corrected chi connectivity index (χ2v) is 7.89. The molecule has 1 atom stereocenters. The Bertz CT molecular complexity index is 1130. The molecule has 3 N–H and O–H groups in total. The molecule has 0 saturated heterocycles. The quantitative estimate of drug-likeness (QED) is 0.651. The van der Waals surface area contributed by atoms with Crippen LogP contribution < -0.4 is 19.9 Å². The Morgan fingerprint density at radius 3 is 2.39 bits per heavy atom. The fourth-order valence-corrected chi connectivity index (χ4v) is 3.50. The number of aromatic nitrogens is 2. The standard InChI is InChI=1S/C19H22N4O4S/c1-11(13-6-5-7-14(8-13)28(20,24)25)21-19-15-9-17(26-3)18(27-4)10-16(15)22-12(2)23-19/h5-11H,1-4H3,(H2,20,24,25)(H,21,22,23)/t11-/m1/s1. The molecule has 0 aliphatic heterocycles. The van der Waals surface area contributed by atoms with Gasteiger partial charge in [-0.05, 0) is 37.6 Å². The van der Waals surface area contributed by atoms with E-state index in [2.05, 4.69) is 15.3 Å². The molecule has 1 heterocycles. The van der Waals surface area contributed by atoms with Gasteiger partial charge in [0.05, 0.1) is 30.7 Å². The van der Waals surface area contributed by atoms with Gasteiger partial charge in [0.1, 0.15) is 11.6 Å². The normalized spacial score (nSPS) is 12.6. The zero-order chi connectivity index (χ0) is 20.5. The van der Waals surface area contributed by atoms with Gasteiger partial charge in [-0.15, -0.1) is 0 Å². The van der Waals surface area contributed by atoms with E-state index in [0.29, 0.717) is 28.7 Å². The number of ether oxygens (including phenoxy) is 2. The Balaban J connectivity index is 2.04. The van der Waals surface area contributed by atoms with Gasteiger partial charge in [-0.3, -0.25) is 0 Å². The summed E-state index contributed by atoms with van der Waals surface area (Å²) in [5.41, 5.74) is 1.47. The number of nitrogens with two attached hydrogens (primary N) is 1. The molecule has 9 heteroatoms. The average Bonchev–Trinajstić information content (AvgIpc) is 2.66. The van der Waals surface area contributed by atoms with Gasteiger partial charge in [-0.2, -0.15) is 0 Å². The lowest BCUT2D eigenvalue weighted by molar-refractivity contribution is 0.356. The predicted octanol–water partition coefficient (Wildman–Crippen LogP) is 2.78. The van der Waals surface area contributed by atoms with E-state index in [1.54, 1.807) is 39.3 Å². The summed E-state index contributed by atoms with van der Waals surface area (Å²) in [6.07, 6.45) is 0. The van der Waals surface area contributed by atoms with Gasteiger partial charge in [0.2, 0.25) is 10.0 Å². The van der Waals surface area contributed by atoms with Gasteiger partial charge in [0, 0.05) is 11.5 Å². The molecule has 3 aromatic rings. The van der Waals surface area contributed by atoms with Crippen molar-refractivity contribution in [2.75, 3.05) is 19.5 Å². The maximum absolute atomic E-state index is 11.6. The summed E-state index contributed by atoms with van der Waals surface area (Å²) in [4.78, 5) is 9.04. The van der Waals surface area contributed by atoms with Crippen LogP contribution in [0.5, 0.6) is 11.5 Å². The highest BCUT2D eigenvalue weighted by Gasteiger charge is 2.16. The molecule has 0 amide bonds. The largest absolute Gasteiger partial charge is 0.493 e. The number of nitrogens with zero attached hydrogens (tertiary/aromatic N) is 2. The topological polar surface area (TPSA) is 116 Å². The number of primary sulfonamides is 1. The summed E-state index contributed by atoms with van der Waals surface area (Å²) in [5.74, 6) is 2.34. The second-order valence-electron chi connectivity index (χ2n) is 6.33. The fraction of sp³-hybridized carbons (Fsp3) is 0.263. The van der Waals surface area contributed by atoms with Gasteiger partial charge < -0.3 is 14.8 Å². The number of rotatable bonds is 6. The first-order valence-electron chi connectivity index (χ1n) is 8.52. The van der Waals surface area contributed by atoms with Gasteiger partial charge in [-0.25, -0.2) is 23.5 Å². The summed E-state index contributed by atoms with van der Waals surface area (Å²) in [7, 11) is -0.644. The minimum absolute atomic E-state index is 0.0637. The number of hydrogen-bond acceptors (Lipinski definition) is 7. The molecular formula is C19H22N4O4S. The van der Waals surface area contributed by atoms with E-state index in [4.69, 9.17) is 14.6 Å². The highest BCUT2D eigenvalue weighted by molar-refractivity contribution is 7.89. The summed E-state index contributed by atoms with van der Waals surface area (Å²) in [6.45, 7) is 3.71. The van der Waals surface area contributed by atoms with Gasteiger partial charge >= 0.3 is 0 Å². The molecule has 0 bridgehead atoms. The van der Waals surface area contributed by atoms with Crippen molar-refractivity contribution < 1.29 is 17.9 Å². The van der Waals surface area contributed by atoms with Crippen LogP contribution in [0, 0.1) is 6.92 Å².